The lowest BCUT2D eigenvalue weighted by Crippen LogP contribution is -2.30. The molecule has 0 aromatic rings. The molecule has 0 spiro atoms. The summed E-state index contributed by atoms with van der Waals surface area (Å²) in [4.78, 5) is 72.9. The Bertz CT molecular complexity index is 1950. The highest BCUT2D eigenvalue weighted by molar-refractivity contribution is 7.47. The monoisotopic (exact) mass is 1420 g/mol. The molecule has 572 valence electrons. The molecule has 19 heteroatoms. The molecule has 97 heavy (non-hydrogen) atoms. The highest BCUT2D eigenvalue weighted by atomic mass is 31.2. The van der Waals surface area contributed by atoms with Crippen molar-refractivity contribution in [1.82, 2.24) is 0 Å². The maximum atomic E-state index is 13.1. The molecule has 0 aromatic heterocycles. The molecule has 3 N–H and O–H groups in total. The van der Waals surface area contributed by atoms with Crippen LogP contribution in [0.25, 0.3) is 0 Å². The van der Waals surface area contributed by atoms with Crippen LogP contribution in [0.15, 0.2) is 24.3 Å². The van der Waals surface area contributed by atoms with Crippen molar-refractivity contribution < 1.29 is 80.2 Å². The number of aliphatic hydroxyl groups is 1. The number of ether oxygens (including phenoxy) is 4. The summed E-state index contributed by atoms with van der Waals surface area (Å²) in [6.07, 6.45) is 63.0. The Balaban J connectivity index is 5.29. The van der Waals surface area contributed by atoms with Gasteiger partial charge in [0.05, 0.1) is 26.4 Å². The summed E-state index contributed by atoms with van der Waals surface area (Å²) < 4.78 is 68.6. The molecule has 17 nitrogen and oxygen atoms in total. The standard InChI is InChI=1S/C78H148O17P2/c1-6-9-12-15-18-21-24-27-28-33-37-42-47-52-57-62-76(81)89-68-74(95-78(83)64-59-54-49-44-39-34-30-29-32-35-40-45-50-55-60-71(4)5)70-93-97(86,87)91-66-72(79)65-90-96(84,85)92-69-73(67-88-75(80)61-56-51-46-41-36-26-23-20-17-14-11-8-3)94-77(82)63-58-53-48-43-38-31-25-22-19-16-13-10-7-2/h21,24,27-28,71-74,79H,6-20,22-23,25-26,29-70H2,1-5H3,(H,84,85)(H,86,87)/b24-21-,28-27-/t72-,73+,74+/m0/s1. The summed E-state index contributed by atoms with van der Waals surface area (Å²) in [5.74, 6) is -1.35. The van der Waals surface area contributed by atoms with Gasteiger partial charge in [-0.1, -0.05) is 335 Å². The molecule has 0 aliphatic carbocycles. The molecular formula is C78H148O17P2. The second kappa shape index (κ2) is 70.6. The number of hydrogen-bond acceptors (Lipinski definition) is 15. The van der Waals surface area contributed by atoms with Crippen LogP contribution in [0.5, 0.6) is 0 Å². The van der Waals surface area contributed by atoms with E-state index in [1.54, 1.807) is 0 Å². The fraction of sp³-hybridized carbons (Fsp3) is 0.897. The van der Waals surface area contributed by atoms with Crippen molar-refractivity contribution in [3.05, 3.63) is 24.3 Å². The zero-order valence-electron chi connectivity index (χ0n) is 62.7. The van der Waals surface area contributed by atoms with Crippen molar-refractivity contribution in [2.45, 2.75) is 406 Å². The number of esters is 4. The zero-order chi connectivity index (χ0) is 71.2. The molecule has 2 unspecified atom stereocenters. The molecule has 0 radical (unpaired) electrons. The molecule has 0 heterocycles. The largest absolute Gasteiger partial charge is 0.472 e. The van der Waals surface area contributed by atoms with Crippen LogP contribution in [-0.2, 0) is 65.4 Å². The van der Waals surface area contributed by atoms with Crippen molar-refractivity contribution in [2.24, 2.45) is 5.92 Å². The Morgan fingerprint density at radius 2 is 0.557 bits per heavy atom. The Kier molecular flexibility index (Phi) is 68.8. The van der Waals surface area contributed by atoms with E-state index in [1.165, 1.54) is 193 Å². The van der Waals surface area contributed by atoms with Crippen LogP contribution in [-0.4, -0.2) is 96.7 Å². The SMILES string of the molecule is CCCCCC/C=C\C=C/CCCCCCCC(=O)OC[C@H](COP(=O)(O)OC[C@@H](O)COP(=O)(O)OC[C@@H](COC(=O)CCCCCCCCCCCCCC)OC(=O)CCCCCCCCCCCCCCC)OC(=O)CCCCCCCCCCCCCCCCC(C)C. The van der Waals surface area contributed by atoms with E-state index in [-0.39, 0.29) is 25.7 Å². The van der Waals surface area contributed by atoms with Crippen LogP contribution >= 0.6 is 15.6 Å². The third kappa shape index (κ3) is 71.7. The molecule has 0 rings (SSSR count). The normalized spacial score (nSPS) is 14.1. The second-order valence-electron chi connectivity index (χ2n) is 27.9. The quantitative estimate of drug-likeness (QED) is 0.0169. The summed E-state index contributed by atoms with van der Waals surface area (Å²) in [5, 5.41) is 10.6. The number of carbonyl (C=O) groups is 4. The summed E-state index contributed by atoms with van der Waals surface area (Å²) in [5.41, 5.74) is 0. The Morgan fingerprint density at radius 1 is 0.320 bits per heavy atom. The van der Waals surface area contributed by atoms with Gasteiger partial charge in [0.2, 0.25) is 0 Å². The molecular weight excluding hydrogens is 1270 g/mol. The minimum absolute atomic E-state index is 0.101. The lowest BCUT2D eigenvalue weighted by Gasteiger charge is -2.21. The van der Waals surface area contributed by atoms with Gasteiger partial charge in [0.1, 0.15) is 19.3 Å². The smallest absolute Gasteiger partial charge is 0.462 e. The highest BCUT2D eigenvalue weighted by Crippen LogP contribution is 2.45. The number of phosphoric ester groups is 2. The number of rotatable bonds is 76. The van der Waals surface area contributed by atoms with E-state index >= 15 is 0 Å². The molecule has 0 aliphatic heterocycles. The first-order valence-electron chi connectivity index (χ1n) is 40.0. The third-order valence-corrected chi connectivity index (χ3v) is 19.6. The van der Waals surface area contributed by atoms with Gasteiger partial charge >= 0.3 is 39.5 Å². The van der Waals surface area contributed by atoms with Crippen molar-refractivity contribution in [2.75, 3.05) is 39.6 Å². The molecule has 0 aromatic carbocycles. The van der Waals surface area contributed by atoms with Gasteiger partial charge in [-0.25, -0.2) is 9.13 Å². The minimum atomic E-state index is -4.97. The fourth-order valence-electron chi connectivity index (χ4n) is 11.5. The molecule has 5 atom stereocenters. The van der Waals surface area contributed by atoms with E-state index in [1.807, 2.05) is 0 Å². The van der Waals surface area contributed by atoms with Gasteiger partial charge in [-0.2, -0.15) is 0 Å². The lowest BCUT2D eigenvalue weighted by atomic mass is 10.0. The van der Waals surface area contributed by atoms with E-state index in [4.69, 9.17) is 37.0 Å². The number of carbonyl (C=O) groups excluding carboxylic acids is 4. The van der Waals surface area contributed by atoms with Crippen LogP contribution in [0.2, 0.25) is 0 Å². The van der Waals surface area contributed by atoms with E-state index in [2.05, 4.69) is 58.9 Å². The Labute approximate surface area is 592 Å². The Morgan fingerprint density at radius 3 is 0.845 bits per heavy atom. The average molecular weight is 1420 g/mol. The highest BCUT2D eigenvalue weighted by Gasteiger charge is 2.30. The lowest BCUT2D eigenvalue weighted by molar-refractivity contribution is -0.161. The zero-order valence-corrected chi connectivity index (χ0v) is 64.5. The first kappa shape index (κ1) is 94.5. The van der Waals surface area contributed by atoms with E-state index in [0.29, 0.717) is 25.7 Å². The van der Waals surface area contributed by atoms with Crippen molar-refractivity contribution in [1.29, 1.82) is 0 Å². The van der Waals surface area contributed by atoms with E-state index in [9.17, 15) is 43.2 Å². The van der Waals surface area contributed by atoms with Gasteiger partial charge < -0.3 is 33.8 Å². The van der Waals surface area contributed by atoms with Gasteiger partial charge in [-0.3, -0.25) is 37.3 Å². The van der Waals surface area contributed by atoms with Gasteiger partial charge in [0, 0.05) is 25.7 Å². The van der Waals surface area contributed by atoms with Crippen molar-refractivity contribution >= 4 is 39.5 Å². The predicted octanol–water partition coefficient (Wildman–Crippen LogP) is 22.8. The van der Waals surface area contributed by atoms with E-state index in [0.717, 1.165) is 115 Å². The fourth-order valence-corrected chi connectivity index (χ4v) is 13.1. The second-order valence-corrected chi connectivity index (χ2v) is 30.8. The number of phosphoric acid groups is 2. The number of unbranched alkanes of at least 4 members (excludes halogenated alkanes) is 45. The maximum Gasteiger partial charge on any atom is 0.472 e. The molecule has 0 aliphatic rings. The van der Waals surface area contributed by atoms with E-state index < -0.39 is 97.5 Å². The van der Waals surface area contributed by atoms with Gasteiger partial charge in [-0.15, -0.1) is 0 Å². The third-order valence-electron chi connectivity index (χ3n) is 17.7. The van der Waals surface area contributed by atoms with Crippen LogP contribution in [0.4, 0.5) is 0 Å². The maximum absolute atomic E-state index is 13.1. The van der Waals surface area contributed by atoms with Crippen LogP contribution < -0.4 is 0 Å². The molecule has 0 bridgehead atoms. The van der Waals surface area contributed by atoms with Crippen molar-refractivity contribution in [3.63, 3.8) is 0 Å². The summed E-state index contributed by atoms with van der Waals surface area (Å²) in [6.45, 7) is 7.27. The average Bonchev–Trinajstić information content (AvgIpc) is 1.53. The predicted molar refractivity (Wildman–Crippen MR) is 395 cm³/mol. The van der Waals surface area contributed by atoms with Gasteiger partial charge in [-0.05, 0) is 57.3 Å². The number of hydrogen-bond donors (Lipinski definition) is 3. The minimum Gasteiger partial charge on any atom is -0.462 e. The summed E-state index contributed by atoms with van der Waals surface area (Å²) in [6, 6.07) is 0. The number of aliphatic hydroxyl groups excluding tert-OH is 1. The summed E-state index contributed by atoms with van der Waals surface area (Å²) in [7, 11) is -9.92. The first-order valence-corrected chi connectivity index (χ1v) is 42.9. The van der Waals surface area contributed by atoms with Crippen LogP contribution in [0.1, 0.15) is 388 Å². The van der Waals surface area contributed by atoms with Gasteiger partial charge in [0.15, 0.2) is 12.2 Å². The summed E-state index contributed by atoms with van der Waals surface area (Å²) >= 11 is 0. The molecule has 0 amide bonds. The molecule has 0 saturated carbocycles. The molecule has 0 saturated heterocycles. The number of allylic oxidation sites excluding steroid dienone is 4. The first-order chi connectivity index (χ1) is 47.0. The Hall–Kier alpha value is -2.46. The van der Waals surface area contributed by atoms with Crippen LogP contribution in [0, 0.1) is 5.92 Å². The van der Waals surface area contributed by atoms with Crippen LogP contribution in [0.3, 0.4) is 0 Å². The topological polar surface area (TPSA) is 237 Å². The van der Waals surface area contributed by atoms with Gasteiger partial charge in [0.25, 0.3) is 0 Å². The molecule has 0 fully saturated rings. The van der Waals surface area contributed by atoms with Crippen molar-refractivity contribution in [3.8, 4) is 0 Å².